The average Bonchev–Trinajstić information content (AvgIpc) is 3.80. The van der Waals surface area contributed by atoms with Crippen molar-refractivity contribution in [2.45, 2.75) is 0 Å². The van der Waals surface area contributed by atoms with Crippen molar-refractivity contribution >= 4 is 102 Å². The zero-order chi connectivity index (χ0) is 34.9. The Morgan fingerprint density at radius 3 is 1.72 bits per heavy atom. The molecule has 0 saturated carbocycles. The summed E-state index contributed by atoms with van der Waals surface area (Å²) in [6, 6.07) is 69.2. The van der Waals surface area contributed by atoms with Crippen LogP contribution in [0.3, 0.4) is 0 Å². The molecule has 3 heteroatoms. The van der Waals surface area contributed by atoms with Crippen LogP contribution in [-0.4, -0.2) is 0 Å². The van der Waals surface area contributed by atoms with Crippen molar-refractivity contribution in [1.82, 2.24) is 0 Å². The summed E-state index contributed by atoms with van der Waals surface area (Å²) in [7, 11) is 0. The van der Waals surface area contributed by atoms with Gasteiger partial charge < -0.3 is 4.90 Å². The minimum absolute atomic E-state index is 1.13. The van der Waals surface area contributed by atoms with Gasteiger partial charge in [-0.05, 0) is 92.3 Å². The molecule has 0 aliphatic heterocycles. The van der Waals surface area contributed by atoms with Gasteiger partial charge in [0.15, 0.2) is 0 Å². The van der Waals surface area contributed by atoms with Gasteiger partial charge in [0.2, 0.25) is 0 Å². The Morgan fingerprint density at radius 2 is 0.887 bits per heavy atom. The van der Waals surface area contributed by atoms with Crippen LogP contribution >= 0.6 is 22.7 Å². The molecule has 0 bridgehead atoms. The van der Waals surface area contributed by atoms with Gasteiger partial charge in [-0.15, -0.1) is 22.7 Å². The Morgan fingerprint density at radius 1 is 0.321 bits per heavy atom. The number of fused-ring (bicyclic) bond motifs is 9. The summed E-state index contributed by atoms with van der Waals surface area (Å²) in [6.45, 7) is 0. The number of thiophene rings is 2. The van der Waals surface area contributed by atoms with E-state index >= 15 is 0 Å². The van der Waals surface area contributed by atoms with Gasteiger partial charge in [0, 0.05) is 57.4 Å². The molecule has 53 heavy (non-hydrogen) atoms. The molecule has 0 aliphatic carbocycles. The zero-order valence-corrected chi connectivity index (χ0v) is 30.3. The molecule has 248 valence electrons. The topological polar surface area (TPSA) is 3.24 Å². The lowest BCUT2D eigenvalue weighted by Gasteiger charge is -2.26. The Labute approximate surface area is 315 Å². The van der Waals surface area contributed by atoms with Gasteiger partial charge in [-0.2, -0.15) is 0 Å². The van der Waals surface area contributed by atoms with Crippen molar-refractivity contribution < 1.29 is 0 Å². The monoisotopic (exact) mass is 709 g/mol. The molecule has 9 aromatic carbocycles. The van der Waals surface area contributed by atoms with Crippen molar-refractivity contribution in [1.29, 1.82) is 0 Å². The van der Waals surface area contributed by atoms with Crippen molar-refractivity contribution in [3.05, 3.63) is 188 Å². The normalized spacial score (nSPS) is 11.8. The molecule has 0 radical (unpaired) electrons. The van der Waals surface area contributed by atoms with Gasteiger partial charge in [0.1, 0.15) is 0 Å². The minimum Gasteiger partial charge on any atom is -0.310 e. The number of nitrogens with zero attached hydrogens (tertiary/aromatic N) is 1. The number of rotatable bonds is 5. The summed E-state index contributed by atoms with van der Waals surface area (Å²) in [5.74, 6) is 0. The van der Waals surface area contributed by atoms with Crippen molar-refractivity contribution in [3.8, 4) is 22.3 Å². The Kier molecular flexibility index (Phi) is 6.97. The predicted molar refractivity (Wildman–Crippen MR) is 233 cm³/mol. The largest absolute Gasteiger partial charge is 0.310 e. The summed E-state index contributed by atoms with van der Waals surface area (Å²) in [4.78, 5) is 2.42. The van der Waals surface area contributed by atoms with E-state index in [0.29, 0.717) is 0 Å². The van der Waals surface area contributed by atoms with Crippen LogP contribution in [0.4, 0.5) is 17.1 Å². The first-order chi connectivity index (χ1) is 26.3. The first kappa shape index (κ1) is 30.4. The van der Waals surface area contributed by atoms with E-state index in [1.807, 2.05) is 22.7 Å². The van der Waals surface area contributed by atoms with E-state index in [1.54, 1.807) is 0 Å². The second kappa shape index (κ2) is 12.2. The maximum absolute atomic E-state index is 2.42. The van der Waals surface area contributed by atoms with Crippen LogP contribution in [0.5, 0.6) is 0 Å². The minimum atomic E-state index is 1.13. The number of anilines is 3. The summed E-state index contributed by atoms with van der Waals surface area (Å²) < 4.78 is 5.26. The summed E-state index contributed by atoms with van der Waals surface area (Å²) >= 11 is 3.76. The third-order valence-electron chi connectivity index (χ3n) is 10.7. The second-order valence-corrected chi connectivity index (χ2v) is 15.8. The van der Waals surface area contributed by atoms with E-state index < -0.39 is 0 Å². The van der Waals surface area contributed by atoms with Gasteiger partial charge >= 0.3 is 0 Å². The van der Waals surface area contributed by atoms with Gasteiger partial charge in [0.25, 0.3) is 0 Å². The lowest BCUT2D eigenvalue weighted by molar-refractivity contribution is 1.30. The molecule has 0 atom stereocenters. The molecule has 1 nitrogen and oxygen atoms in total. The second-order valence-electron chi connectivity index (χ2n) is 13.7. The van der Waals surface area contributed by atoms with Crippen molar-refractivity contribution in [3.63, 3.8) is 0 Å². The van der Waals surface area contributed by atoms with E-state index in [9.17, 15) is 0 Å². The van der Waals surface area contributed by atoms with Crippen LogP contribution < -0.4 is 4.90 Å². The van der Waals surface area contributed by atoms with Crippen molar-refractivity contribution in [2.75, 3.05) is 4.90 Å². The number of hydrogen-bond acceptors (Lipinski definition) is 3. The van der Waals surface area contributed by atoms with Crippen LogP contribution in [0.15, 0.2) is 188 Å². The summed E-state index contributed by atoms with van der Waals surface area (Å²) in [5.41, 5.74) is 8.43. The highest BCUT2D eigenvalue weighted by Gasteiger charge is 2.19. The van der Waals surface area contributed by atoms with E-state index in [-0.39, 0.29) is 0 Å². The molecule has 0 unspecified atom stereocenters. The van der Waals surface area contributed by atoms with Crippen LogP contribution in [-0.2, 0) is 0 Å². The molecule has 11 aromatic rings. The van der Waals surface area contributed by atoms with E-state index in [0.717, 1.165) is 17.1 Å². The quantitative estimate of drug-likeness (QED) is 0.161. The molecule has 0 N–H and O–H groups in total. The lowest BCUT2D eigenvalue weighted by Crippen LogP contribution is -2.09. The summed E-state index contributed by atoms with van der Waals surface area (Å²) in [5, 5.41) is 10.3. The van der Waals surface area contributed by atoms with Crippen LogP contribution in [0, 0.1) is 0 Å². The third-order valence-corrected chi connectivity index (χ3v) is 13.0. The van der Waals surface area contributed by atoms with Crippen molar-refractivity contribution in [2.24, 2.45) is 0 Å². The molecular formula is C50H31NS2. The summed E-state index contributed by atoms with van der Waals surface area (Å²) in [6.07, 6.45) is 0. The van der Waals surface area contributed by atoms with E-state index in [4.69, 9.17) is 0 Å². The molecule has 2 heterocycles. The van der Waals surface area contributed by atoms with Gasteiger partial charge in [-0.3, -0.25) is 0 Å². The predicted octanol–water partition coefficient (Wildman–Crippen LogP) is 15.5. The fourth-order valence-corrected chi connectivity index (χ4v) is 10.5. The molecular weight excluding hydrogens is 679 g/mol. The lowest BCUT2D eigenvalue weighted by atomic mass is 9.94. The van der Waals surface area contributed by atoms with Gasteiger partial charge in [0.05, 0.1) is 0 Å². The zero-order valence-electron chi connectivity index (χ0n) is 28.7. The Balaban J connectivity index is 1.09. The molecule has 0 amide bonds. The molecule has 0 saturated heterocycles. The highest BCUT2D eigenvalue weighted by Crippen LogP contribution is 2.46. The molecule has 0 spiro atoms. The van der Waals surface area contributed by atoms with Gasteiger partial charge in [-0.1, -0.05) is 140 Å². The highest BCUT2D eigenvalue weighted by molar-refractivity contribution is 7.26. The number of hydrogen-bond donors (Lipinski definition) is 0. The Hall–Kier alpha value is -6.26. The first-order valence-electron chi connectivity index (χ1n) is 18.0. The molecule has 2 aromatic heterocycles. The van der Waals surface area contributed by atoms with E-state index in [2.05, 4.69) is 193 Å². The van der Waals surface area contributed by atoms with Crippen LogP contribution in [0.2, 0.25) is 0 Å². The Bertz CT molecular complexity index is 3170. The van der Waals surface area contributed by atoms with Crippen LogP contribution in [0.25, 0.3) is 84.1 Å². The maximum atomic E-state index is 2.42. The molecule has 0 aliphatic rings. The average molecular weight is 710 g/mol. The molecule has 11 rings (SSSR count). The highest BCUT2D eigenvalue weighted by atomic mass is 32.1. The SMILES string of the molecule is c1ccc(-c2ccc(-c3ccc(N(c4ccc5c(c4)sc4ccccc45)c4ccc5ccc6ccccc6c5c4)cc3)c3c2sc2ccccc23)cc1. The fraction of sp³-hybridized carbons (Fsp3) is 0. The van der Waals surface area contributed by atoms with Crippen LogP contribution in [0.1, 0.15) is 0 Å². The first-order valence-corrected chi connectivity index (χ1v) is 19.6. The standard InChI is InChI=1S/C50H31NS2/c1-2-10-32(11-3-1)41-29-28-40(49-44-15-7-9-17-47(44)53-50(41)49)34-20-23-36(24-21-34)51(38-26-27-43-42-14-6-8-16-46(42)52-48(43)31-38)37-25-22-35-19-18-33-12-4-5-13-39(33)45(35)30-37/h1-31H. The maximum Gasteiger partial charge on any atom is 0.0476 e. The number of benzene rings is 9. The molecule has 0 fully saturated rings. The fourth-order valence-electron chi connectivity index (χ4n) is 8.13. The smallest absolute Gasteiger partial charge is 0.0476 e. The van der Waals surface area contributed by atoms with Gasteiger partial charge in [-0.25, -0.2) is 0 Å². The third kappa shape index (κ3) is 4.97. The van der Waals surface area contributed by atoms with E-state index in [1.165, 1.54) is 84.1 Å².